The predicted octanol–water partition coefficient (Wildman–Crippen LogP) is 20.2. The van der Waals surface area contributed by atoms with E-state index < -0.39 is 8.07 Å². The average molecular weight is 1120 g/mol. The molecule has 6 aromatic rings. The molecule has 2 aliphatic rings. The van der Waals surface area contributed by atoms with Crippen LogP contribution in [0.2, 0.25) is 16.6 Å². The number of H-pyrrole nitrogens is 2. The van der Waals surface area contributed by atoms with Crippen LogP contribution in [0.25, 0.3) is 44.3 Å². The Morgan fingerprint density at radius 3 is 1.45 bits per heavy atom. The van der Waals surface area contributed by atoms with Crippen LogP contribution in [0.1, 0.15) is 194 Å². The number of hydrogen-bond donors (Lipinski definition) is 2. The van der Waals surface area contributed by atoms with Crippen LogP contribution in [0, 0.1) is 23.8 Å². The van der Waals surface area contributed by atoms with Crippen LogP contribution >= 0.6 is 15.9 Å². The quantitative estimate of drug-likeness (QED) is 0.0455. The SMILES string of the molecule is C#Cc1ccc(N(CCCCCCCC)CCCCCCCC)cc1.CC(C)[Si](C#Cc1c2nc(c(-c3ccccc3)c3ccc([nH]3)c(Br)c3nc(c(-c4ccccc4)c4ccc1[nH]4)C(C)(C)C3)C(C)(C)C2)(C(C)C)C(C)C. The summed E-state index contributed by atoms with van der Waals surface area (Å²) in [5.41, 5.74) is 21.4. The van der Waals surface area contributed by atoms with Crippen LogP contribution in [0.4, 0.5) is 5.69 Å². The van der Waals surface area contributed by atoms with Gasteiger partial charge in [-0.3, -0.25) is 9.97 Å². The number of nitrogens with zero attached hydrogens (tertiary/aromatic N) is 3. The van der Waals surface area contributed by atoms with Crippen LogP contribution in [0.15, 0.2) is 114 Å². The normalized spacial score (nSPS) is 13.7. The van der Waals surface area contributed by atoms with E-state index in [9.17, 15) is 0 Å². The third-order valence-electron chi connectivity index (χ3n) is 16.8. The highest BCUT2D eigenvalue weighted by molar-refractivity contribution is 9.10. The Balaban J connectivity index is 0.000000297. The Hall–Kier alpha value is -5.60. The van der Waals surface area contributed by atoms with E-state index in [1.54, 1.807) is 0 Å². The summed E-state index contributed by atoms with van der Waals surface area (Å²) in [7, 11) is -2.06. The fraction of sp³-hybridized carbons (Fsp3) is 0.465. The van der Waals surface area contributed by atoms with E-state index in [4.69, 9.17) is 16.4 Å². The molecule has 7 heteroatoms. The van der Waals surface area contributed by atoms with Crippen molar-refractivity contribution >= 4 is 51.8 Å². The topological polar surface area (TPSA) is 60.6 Å². The lowest BCUT2D eigenvalue weighted by Crippen LogP contribution is -2.43. The molecule has 0 saturated carbocycles. The van der Waals surface area contributed by atoms with Crippen molar-refractivity contribution in [1.82, 2.24) is 19.9 Å². The summed E-state index contributed by atoms with van der Waals surface area (Å²) in [6.07, 6.45) is 23.4. The second-order valence-electron chi connectivity index (χ2n) is 24.5. The standard InChI is InChI=1S/C47H53BrN4Si.C24H39N/c1-29(2)53(30(3)4,31(5)6)26-25-34-35-21-22-36(49-35)41(32-17-13-11-14-18-32)45-47(9,10)28-40(52-45)43(48)38-24-23-37(50-38)42(33-19-15-12-16-20-33)44-46(7,8)27-39(34)51-44;1-4-7-9-11-13-15-21-25(22-16-14-12-10-8-5-2)24-19-17-23(6-3)18-20-24/h11-24,29-31,49-50H,27-28H2,1-10H3;3,17-20H,4-5,7-16,21-22H2,1-2H3. The molecule has 0 atom stereocenters. The van der Waals surface area contributed by atoms with Gasteiger partial charge in [-0.1, -0.05) is 220 Å². The largest absolute Gasteiger partial charge is 0.372 e. The lowest BCUT2D eigenvalue weighted by molar-refractivity contribution is 0.544. The molecule has 0 aliphatic carbocycles. The van der Waals surface area contributed by atoms with E-state index in [0.717, 1.165) is 95.5 Å². The van der Waals surface area contributed by atoms with E-state index in [2.05, 4.69) is 240 Å². The van der Waals surface area contributed by atoms with Crippen molar-refractivity contribution in [3.05, 3.63) is 148 Å². The zero-order chi connectivity index (χ0) is 56.0. The molecule has 0 saturated heterocycles. The summed E-state index contributed by atoms with van der Waals surface area (Å²) < 4.78 is 0.991. The van der Waals surface area contributed by atoms with Gasteiger partial charge < -0.3 is 14.9 Å². The van der Waals surface area contributed by atoms with Gasteiger partial charge in [-0.05, 0) is 105 Å². The molecular formula is C71H92BrN5Si. The number of nitrogens with one attached hydrogen (secondary N) is 2. The Kier molecular flexibility index (Phi) is 21.2. The first-order chi connectivity index (χ1) is 37.4. The minimum atomic E-state index is -2.06. The summed E-state index contributed by atoms with van der Waals surface area (Å²) in [4.78, 5) is 21.4. The number of aromatic amines is 2. The molecule has 0 amide bonds. The number of aromatic nitrogens is 4. The molecule has 0 unspecified atom stereocenters. The Bertz CT molecular complexity index is 3100. The zero-order valence-electron chi connectivity index (χ0n) is 49.7. The van der Waals surface area contributed by atoms with E-state index in [-0.39, 0.29) is 10.8 Å². The smallest absolute Gasteiger partial charge is 0.146 e. The maximum Gasteiger partial charge on any atom is 0.146 e. The lowest BCUT2D eigenvalue weighted by atomic mass is 9.82. The molecular weight excluding hydrogens is 1030 g/mol. The fourth-order valence-corrected chi connectivity index (χ4v) is 18.1. The van der Waals surface area contributed by atoms with Gasteiger partial charge in [0, 0.05) is 70.2 Å². The highest BCUT2D eigenvalue weighted by Gasteiger charge is 2.42. The monoisotopic (exact) mass is 1120 g/mol. The number of halogens is 1. The van der Waals surface area contributed by atoms with Crippen molar-refractivity contribution < 1.29 is 0 Å². The molecule has 0 fully saturated rings. The first-order valence-corrected chi connectivity index (χ1v) is 32.9. The lowest BCUT2D eigenvalue weighted by Gasteiger charge is -2.38. The molecule has 3 aromatic carbocycles. The van der Waals surface area contributed by atoms with Crippen molar-refractivity contribution in [1.29, 1.82) is 0 Å². The van der Waals surface area contributed by atoms with Crippen molar-refractivity contribution in [2.45, 2.75) is 200 Å². The van der Waals surface area contributed by atoms with Crippen molar-refractivity contribution in [3.63, 3.8) is 0 Å². The molecule has 0 radical (unpaired) electrons. The number of unbranched alkanes of at least 4 members (excludes halogenated alkanes) is 10. The Morgan fingerprint density at radius 2 is 0.974 bits per heavy atom. The minimum Gasteiger partial charge on any atom is -0.372 e. The van der Waals surface area contributed by atoms with Crippen LogP contribution in [0.3, 0.4) is 0 Å². The van der Waals surface area contributed by atoms with Gasteiger partial charge in [0.25, 0.3) is 0 Å². The molecule has 412 valence electrons. The first-order valence-electron chi connectivity index (χ1n) is 29.9. The maximum atomic E-state index is 5.65. The number of fused-ring (bicyclic) bond motifs is 8. The molecule has 8 bridgehead atoms. The van der Waals surface area contributed by atoms with Crippen LogP contribution in [-0.2, 0) is 23.7 Å². The van der Waals surface area contributed by atoms with Gasteiger partial charge in [-0.2, -0.15) is 0 Å². The summed E-state index contributed by atoms with van der Waals surface area (Å²) in [5.74, 6) is 6.64. The highest BCUT2D eigenvalue weighted by Crippen LogP contribution is 2.45. The van der Waals surface area contributed by atoms with Crippen LogP contribution < -0.4 is 4.90 Å². The third-order valence-corrected chi connectivity index (χ3v) is 24.0. The number of benzene rings is 3. The average Bonchev–Trinajstić information content (AvgIpc) is 4.26. The molecule has 3 aromatic heterocycles. The summed E-state index contributed by atoms with van der Waals surface area (Å²) in [6, 6.07) is 38.8. The third kappa shape index (κ3) is 14.2. The molecule has 0 spiro atoms. The van der Waals surface area contributed by atoms with Gasteiger partial charge in [-0.25, -0.2) is 0 Å². The maximum absolute atomic E-state index is 5.65. The molecule has 8 rings (SSSR count). The predicted molar refractivity (Wildman–Crippen MR) is 344 cm³/mol. The van der Waals surface area contributed by atoms with Crippen molar-refractivity contribution in [2.24, 2.45) is 0 Å². The summed E-state index contributed by atoms with van der Waals surface area (Å²) in [6.45, 7) is 30.5. The molecule has 78 heavy (non-hydrogen) atoms. The van der Waals surface area contributed by atoms with Gasteiger partial charge >= 0.3 is 0 Å². The molecule has 5 nitrogen and oxygen atoms in total. The number of terminal acetylenes is 1. The Morgan fingerprint density at radius 1 is 0.551 bits per heavy atom. The van der Waals surface area contributed by atoms with Gasteiger partial charge in [0.15, 0.2) is 0 Å². The Labute approximate surface area is 480 Å². The van der Waals surface area contributed by atoms with E-state index in [1.165, 1.54) is 95.8 Å². The number of hydrogen-bond acceptors (Lipinski definition) is 3. The zero-order valence-corrected chi connectivity index (χ0v) is 52.3. The molecule has 2 N–H and O–H groups in total. The van der Waals surface area contributed by atoms with E-state index >= 15 is 0 Å². The fourth-order valence-electron chi connectivity index (χ4n) is 12.5. The second kappa shape index (κ2) is 27.5. The van der Waals surface area contributed by atoms with E-state index in [0.29, 0.717) is 16.6 Å². The highest BCUT2D eigenvalue weighted by atomic mass is 79.9. The van der Waals surface area contributed by atoms with E-state index in [1.807, 2.05) is 0 Å². The second-order valence-corrected chi connectivity index (χ2v) is 30.9. The summed E-state index contributed by atoms with van der Waals surface area (Å²) >= 11 is 4.03. The van der Waals surface area contributed by atoms with Gasteiger partial charge in [0.1, 0.15) is 8.07 Å². The van der Waals surface area contributed by atoms with Gasteiger partial charge in [0.05, 0.1) is 43.8 Å². The minimum absolute atomic E-state index is 0.206. The van der Waals surface area contributed by atoms with Gasteiger partial charge in [-0.15, -0.1) is 12.0 Å². The van der Waals surface area contributed by atoms with Crippen LogP contribution in [-0.4, -0.2) is 41.1 Å². The summed E-state index contributed by atoms with van der Waals surface area (Å²) in [5, 5.41) is 0. The van der Waals surface area contributed by atoms with Crippen molar-refractivity contribution in [3.8, 4) is 46.1 Å². The molecule has 2 aliphatic heterocycles. The number of rotatable bonds is 20. The first kappa shape index (κ1) is 60.0. The van der Waals surface area contributed by atoms with Crippen LogP contribution in [0.5, 0.6) is 0 Å². The number of anilines is 1. The van der Waals surface area contributed by atoms with Crippen molar-refractivity contribution in [2.75, 3.05) is 18.0 Å². The molecule has 5 heterocycles. The van der Waals surface area contributed by atoms with Gasteiger partial charge in [0.2, 0.25) is 0 Å².